The quantitative estimate of drug-likeness (QED) is 0.772. The third kappa shape index (κ3) is 1.98. The summed E-state index contributed by atoms with van der Waals surface area (Å²) in [6, 6.07) is 5.83. The Hall–Kier alpha value is -0.250. The van der Waals surface area contributed by atoms with E-state index in [1.807, 2.05) is 18.2 Å². The van der Waals surface area contributed by atoms with Crippen LogP contribution in [0.3, 0.4) is 0 Å². The molecule has 0 N–H and O–H groups in total. The van der Waals surface area contributed by atoms with Crippen molar-refractivity contribution in [3.63, 3.8) is 0 Å². The molecule has 0 unspecified atom stereocenters. The first-order valence-electron chi connectivity index (χ1n) is 4.05. The molecule has 0 saturated carbocycles. The molecule has 2 nitrogen and oxygen atoms in total. The standard InChI is InChI=1S/C9H9BrClNO/c10-7-1-2-8(11)9(5-7)12-3-4-13-6-12/h1-2,5H,3-4,6H2. The Kier molecular flexibility index (Phi) is 2.77. The average Bonchev–Trinajstić information content (AvgIpc) is 2.61. The highest BCUT2D eigenvalue weighted by Gasteiger charge is 2.15. The topological polar surface area (TPSA) is 12.5 Å². The van der Waals surface area contributed by atoms with Crippen LogP contribution in [0.2, 0.25) is 5.02 Å². The van der Waals surface area contributed by atoms with Gasteiger partial charge in [-0.1, -0.05) is 27.5 Å². The van der Waals surface area contributed by atoms with E-state index in [1.165, 1.54) is 0 Å². The number of anilines is 1. The van der Waals surface area contributed by atoms with E-state index in [2.05, 4.69) is 20.8 Å². The van der Waals surface area contributed by atoms with Crippen LogP contribution in [0.25, 0.3) is 0 Å². The molecule has 13 heavy (non-hydrogen) atoms. The maximum atomic E-state index is 6.06. The summed E-state index contributed by atoms with van der Waals surface area (Å²) < 4.78 is 6.30. The van der Waals surface area contributed by atoms with Crippen LogP contribution in [0.15, 0.2) is 22.7 Å². The van der Waals surface area contributed by atoms with Crippen molar-refractivity contribution in [1.82, 2.24) is 0 Å². The molecule has 0 radical (unpaired) electrons. The van der Waals surface area contributed by atoms with Gasteiger partial charge in [-0.15, -0.1) is 0 Å². The van der Waals surface area contributed by atoms with Gasteiger partial charge in [0.2, 0.25) is 0 Å². The summed E-state index contributed by atoms with van der Waals surface area (Å²) in [5.41, 5.74) is 1.04. The molecule has 1 fully saturated rings. The smallest absolute Gasteiger partial charge is 0.119 e. The number of ether oxygens (including phenoxy) is 1. The molecule has 0 aromatic heterocycles. The van der Waals surface area contributed by atoms with Crippen LogP contribution < -0.4 is 4.90 Å². The predicted molar refractivity (Wildman–Crippen MR) is 57.3 cm³/mol. The minimum absolute atomic E-state index is 0.635. The van der Waals surface area contributed by atoms with E-state index in [0.29, 0.717) is 6.73 Å². The molecule has 0 spiro atoms. The van der Waals surface area contributed by atoms with Crippen molar-refractivity contribution < 1.29 is 4.74 Å². The van der Waals surface area contributed by atoms with Gasteiger partial charge in [-0.3, -0.25) is 0 Å². The van der Waals surface area contributed by atoms with Gasteiger partial charge in [0.1, 0.15) is 6.73 Å². The van der Waals surface area contributed by atoms with Crippen LogP contribution in [0, 0.1) is 0 Å². The van der Waals surface area contributed by atoms with E-state index in [4.69, 9.17) is 16.3 Å². The summed E-state index contributed by atoms with van der Waals surface area (Å²) >= 11 is 9.48. The van der Waals surface area contributed by atoms with Gasteiger partial charge in [0.05, 0.1) is 17.3 Å². The fourth-order valence-electron chi connectivity index (χ4n) is 1.33. The number of nitrogens with zero attached hydrogens (tertiary/aromatic N) is 1. The van der Waals surface area contributed by atoms with Crippen LogP contribution >= 0.6 is 27.5 Å². The highest BCUT2D eigenvalue weighted by Crippen LogP contribution is 2.29. The first kappa shape index (κ1) is 9.31. The number of hydrogen-bond donors (Lipinski definition) is 0. The largest absolute Gasteiger partial charge is 0.359 e. The van der Waals surface area contributed by atoms with Crippen LogP contribution in [-0.2, 0) is 4.74 Å². The van der Waals surface area contributed by atoms with Crippen molar-refractivity contribution in [3.8, 4) is 0 Å². The molecule has 0 aliphatic carbocycles. The van der Waals surface area contributed by atoms with E-state index in [9.17, 15) is 0 Å². The summed E-state index contributed by atoms with van der Waals surface area (Å²) in [5.74, 6) is 0. The molecule has 1 aromatic carbocycles. The molecule has 4 heteroatoms. The van der Waals surface area contributed by atoms with Crippen LogP contribution in [-0.4, -0.2) is 19.9 Å². The monoisotopic (exact) mass is 261 g/mol. The van der Waals surface area contributed by atoms with Gasteiger partial charge in [-0.05, 0) is 18.2 Å². The number of rotatable bonds is 1. The molecular weight excluding hydrogens is 253 g/mol. The van der Waals surface area contributed by atoms with Crippen molar-refractivity contribution in [2.45, 2.75) is 0 Å². The second kappa shape index (κ2) is 3.86. The second-order valence-corrected chi connectivity index (χ2v) is 4.22. The van der Waals surface area contributed by atoms with Gasteiger partial charge in [0.15, 0.2) is 0 Å². The first-order valence-corrected chi connectivity index (χ1v) is 5.22. The van der Waals surface area contributed by atoms with Gasteiger partial charge >= 0.3 is 0 Å². The van der Waals surface area contributed by atoms with Crippen LogP contribution in [0.1, 0.15) is 0 Å². The zero-order valence-electron chi connectivity index (χ0n) is 6.96. The Morgan fingerprint density at radius 2 is 2.31 bits per heavy atom. The lowest BCUT2D eigenvalue weighted by molar-refractivity contribution is 0.201. The average molecular weight is 263 g/mol. The normalized spacial score (nSPS) is 16.6. The van der Waals surface area contributed by atoms with Gasteiger partial charge < -0.3 is 9.64 Å². The lowest BCUT2D eigenvalue weighted by atomic mass is 10.3. The van der Waals surface area contributed by atoms with Gasteiger partial charge in [-0.25, -0.2) is 0 Å². The van der Waals surface area contributed by atoms with Gasteiger partial charge in [0.25, 0.3) is 0 Å². The Balaban J connectivity index is 2.32. The van der Waals surface area contributed by atoms with Crippen LogP contribution in [0.5, 0.6) is 0 Å². The van der Waals surface area contributed by atoms with Crippen molar-refractivity contribution >= 4 is 33.2 Å². The second-order valence-electron chi connectivity index (χ2n) is 2.90. The highest BCUT2D eigenvalue weighted by molar-refractivity contribution is 9.10. The Morgan fingerprint density at radius 1 is 1.46 bits per heavy atom. The Morgan fingerprint density at radius 3 is 3.00 bits per heavy atom. The fraction of sp³-hybridized carbons (Fsp3) is 0.333. The molecule has 1 aliphatic rings. The molecule has 2 rings (SSSR count). The van der Waals surface area contributed by atoms with Crippen molar-refractivity contribution in [3.05, 3.63) is 27.7 Å². The molecule has 1 aromatic rings. The number of hydrogen-bond acceptors (Lipinski definition) is 2. The zero-order valence-corrected chi connectivity index (χ0v) is 9.31. The van der Waals surface area contributed by atoms with Crippen LogP contribution in [0.4, 0.5) is 5.69 Å². The van der Waals surface area contributed by atoms with Crippen molar-refractivity contribution in [2.24, 2.45) is 0 Å². The lowest BCUT2D eigenvalue weighted by Gasteiger charge is -2.17. The number of benzene rings is 1. The molecule has 1 heterocycles. The minimum Gasteiger partial charge on any atom is -0.359 e. The van der Waals surface area contributed by atoms with Crippen molar-refractivity contribution in [2.75, 3.05) is 24.8 Å². The van der Waals surface area contributed by atoms with E-state index < -0.39 is 0 Å². The SMILES string of the molecule is Clc1ccc(Br)cc1N1CCOC1. The highest BCUT2D eigenvalue weighted by atomic mass is 79.9. The summed E-state index contributed by atoms with van der Waals surface area (Å²) in [7, 11) is 0. The Labute approximate surface area is 90.6 Å². The van der Waals surface area contributed by atoms with E-state index in [-0.39, 0.29) is 0 Å². The maximum absolute atomic E-state index is 6.06. The van der Waals surface area contributed by atoms with Crippen molar-refractivity contribution in [1.29, 1.82) is 0 Å². The van der Waals surface area contributed by atoms with Gasteiger partial charge in [-0.2, -0.15) is 0 Å². The predicted octanol–water partition coefficient (Wildman–Crippen LogP) is 2.90. The van der Waals surface area contributed by atoms with E-state index >= 15 is 0 Å². The third-order valence-corrected chi connectivity index (χ3v) is 2.81. The molecular formula is C9H9BrClNO. The lowest BCUT2D eigenvalue weighted by Crippen LogP contribution is -2.18. The first-order chi connectivity index (χ1) is 6.27. The third-order valence-electron chi connectivity index (χ3n) is 2.00. The minimum atomic E-state index is 0.635. The Bertz CT molecular complexity index is 312. The zero-order chi connectivity index (χ0) is 9.26. The van der Waals surface area contributed by atoms with Gasteiger partial charge in [0, 0.05) is 11.0 Å². The summed E-state index contributed by atoms with van der Waals surface area (Å²) in [4.78, 5) is 2.12. The van der Waals surface area contributed by atoms with E-state index in [0.717, 1.165) is 28.3 Å². The summed E-state index contributed by atoms with van der Waals surface area (Å²) in [6.45, 7) is 2.33. The molecule has 0 bridgehead atoms. The molecule has 1 aliphatic heterocycles. The maximum Gasteiger partial charge on any atom is 0.119 e. The number of halogens is 2. The molecule has 1 saturated heterocycles. The molecule has 0 amide bonds. The summed E-state index contributed by atoms with van der Waals surface area (Å²) in [5, 5.41) is 0.772. The molecule has 0 atom stereocenters. The molecule has 70 valence electrons. The fourth-order valence-corrected chi connectivity index (χ4v) is 1.92. The van der Waals surface area contributed by atoms with E-state index in [1.54, 1.807) is 0 Å². The summed E-state index contributed by atoms with van der Waals surface area (Å²) in [6.07, 6.45) is 0.